The molecule has 0 saturated heterocycles. The monoisotopic (exact) mass is 400 g/mol. The van der Waals surface area contributed by atoms with E-state index in [4.69, 9.17) is 0 Å². The molecule has 0 fully saturated rings. The maximum Gasteiger partial charge on any atom is 0.255 e. The van der Waals surface area contributed by atoms with Gasteiger partial charge in [-0.15, -0.1) is 0 Å². The smallest absolute Gasteiger partial charge is 0.255 e. The quantitative estimate of drug-likeness (QED) is 0.655. The van der Waals surface area contributed by atoms with Crippen LogP contribution in [0.2, 0.25) is 0 Å². The molecule has 2 aromatic heterocycles. The second-order valence-corrected chi connectivity index (χ2v) is 9.73. The van der Waals surface area contributed by atoms with E-state index in [1.807, 2.05) is 6.20 Å². The Kier molecular flexibility index (Phi) is 4.63. The second kappa shape index (κ2) is 6.86. The summed E-state index contributed by atoms with van der Waals surface area (Å²) in [6, 6.07) is 6.50. The van der Waals surface area contributed by atoms with Gasteiger partial charge in [-0.1, -0.05) is 26.0 Å². The Morgan fingerprint density at radius 2 is 2.07 bits per heavy atom. The zero-order valence-corrected chi connectivity index (χ0v) is 17.1. The SMILES string of the molecule is CC(C)c1ccc2c(CN3CCc4c(nc(S(C)(=O)=O)[nH]c4=O)C3)c[nH]c2c1. The minimum atomic E-state index is -3.56. The molecule has 1 aliphatic heterocycles. The average Bonchev–Trinajstić information content (AvgIpc) is 3.02. The number of sulfone groups is 1. The number of hydrogen-bond acceptors (Lipinski definition) is 5. The van der Waals surface area contributed by atoms with Crippen LogP contribution in [-0.2, 0) is 29.3 Å². The van der Waals surface area contributed by atoms with Gasteiger partial charge in [0, 0.05) is 48.6 Å². The molecule has 1 aromatic carbocycles. The summed E-state index contributed by atoms with van der Waals surface area (Å²) < 4.78 is 23.6. The number of nitrogens with one attached hydrogen (secondary N) is 2. The van der Waals surface area contributed by atoms with Crippen molar-refractivity contribution in [3.05, 3.63) is 57.1 Å². The van der Waals surface area contributed by atoms with Crippen molar-refractivity contribution in [3.63, 3.8) is 0 Å². The summed E-state index contributed by atoms with van der Waals surface area (Å²) in [5.74, 6) is 0.475. The number of benzene rings is 1. The van der Waals surface area contributed by atoms with Crippen molar-refractivity contribution in [3.8, 4) is 0 Å². The fraction of sp³-hybridized carbons (Fsp3) is 0.400. The summed E-state index contributed by atoms with van der Waals surface area (Å²) in [4.78, 5) is 24.4. The molecule has 148 valence electrons. The first-order valence-corrected chi connectivity index (χ1v) is 11.3. The van der Waals surface area contributed by atoms with Crippen molar-refractivity contribution < 1.29 is 8.42 Å². The van der Waals surface area contributed by atoms with Gasteiger partial charge >= 0.3 is 0 Å². The fourth-order valence-electron chi connectivity index (χ4n) is 3.72. The highest BCUT2D eigenvalue weighted by Crippen LogP contribution is 2.26. The van der Waals surface area contributed by atoms with E-state index in [1.165, 1.54) is 16.5 Å². The van der Waals surface area contributed by atoms with Gasteiger partial charge in [0.25, 0.3) is 5.56 Å². The van der Waals surface area contributed by atoms with Crippen molar-refractivity contribution in [1.82, 2.24) is 19.9 Å². The van der Waals surface area contributed by atoms with E-state index in [0.717, 1.165) is 18.3 Å². The Labute approximate surface area is 163 Å². The van der Waals surface area contributed by atoms with Gasteiger partial charge in [-0.25, -0.2) is 13.4 Å². The van der Waals surface area contributed by atoms with E-state index in [1.54, 1.807) is 0 Å². The van der Waals surface area contributed by atoms with E-state index in [-0.39, 0.29) is 10.7 Å². The summed E-state index contributed by atoms with van der Waals surface area (Å²) in [5.41, 5.74) is 4.39. The van der Waals surface area contributed by atoms with Gasteiger partial charge < -0.3 is 4.98 Å². The molecule has 0 amide bonds. The molecule has 3 heterocycles. The molecule has 0 saturated carbocycles. The third-order valence-corrected chi connectivity index (χ3v) is 6.23. The molecule has 0 unspecified atom stereocenters. The molecule has 1 aliphatic rings. The van der Waals surface area contributed by atoms with E-state index in [0.29, 0.717) is 36.7 Å². The van der Waals surface area contributed by atoms with Crippen molar-refractivity contribution in [2.75, 3.05) is 12.8 Å². The molecule has 0 atom stereocenters. The number of rotatable bonds is 4. The first-order chi connectivity index (χ1) is 13.2. The van der Waals surface area contributed by atoms with Crippen LogP contribution >= 0.6 is 0 Å². The number of aromatic amines is 2. The van der Waals surface area contributed by atoms with Crippen LogP contribution in [0.1, 0.15) is 42.1 Å². The Hall–Kier alpha value is -2.45. The molecule has 0 radical (unpaired) electrons. The summed E-state index contributed by atoms with van der Waals surface area (Å²) in [6.07, 6.45) is 3.63. The summed E-state index contributed by atoms with van der Waals surface area (Å²) in [7, 11) is -3.56. The molecule has 3 aromatic rings. The molecule has 7 nitrogen and oxygen atoms in total. The van der Waals surface area contributed by atoms with Crippen LogP contribution in [0.25, 0.3) is 10.9 Å². The first kappa shape index (κ1) is 18.9. The minimum Gasteiger partial charge on any atom is -0.361 e. The van der Waals surface area contributed by atoms with E-state index in [9.17, 15) is 13.2 Å². The van der Waals surface area contributed by atoms with E-state index < -0.39 is 9.84 Å². The Bertz CT molecular complexity index is 1210. The average molecular weight is 401 g/mol. The van der Waals surface area contributed by atoms with E-state index in [2.05, 4.69) is 51.9 Å². The molecule has 0 bridgehead atoms. The van der Waals surface area contributed by atoms with Gasteiger partial charge in [0.05, 0.1) is 5.69 Å². The van der Waals surface area contributed by atoms with Crippen molar-refractivity contribution in [1.29, 1.82) is 0 Å². The lowest BCUT2D eigenvalue weighted by atomic mass is 10.0. The highest BCUT2D eigenvalue weighted by atomic mass is 32.2. The predicted molar refractivity (Wildman–Crippen MR) is 108 cm³/mol. The van der Waals surface area contributed by atoms with Crippen LogP contribution in [-0.4, -0.2) is 41.1 Å². The maximum absolute atomic E-state index is 12.2. The van der Waals surface area contributed by atoms with Gasteiger partial charge in [-0.05, 0) is 29.5 Å². The molecule has 8 heteroatoms. The topological polar surface area (TPSA) is 98.9 Å². The molecular weight excluding hydrogens is 376 g/mol. The molecule has 4 rings (SSSR count). The lowest BCUT2D eigenvalue weighted by Crippen LogP contribution is -2.35. The number of fused-ring (bicyclic) bond motifs is 2. The van der Waals surface area contributed by atoms with Gasteiger partial charge in [0.15, 0.2) is 0 Å². The fourth-order valence-corrected chi connectivity index (χ4v) is 4.27. The summed E-state index contributed by atoms with van der Waals surface area (Å²) in [5, 5.41) is 0.928. The van der Waals surface area contributed by atoms with Gasteiger partial charge in [-0.3, -0.25) is 14.7 Å². The highest BCUT2D eigenvalue weighted by Gasteiger charge is 2.24. The van der Waals surface area contributed by atoms with Gasteiger partial charge in [0.1, 0.15) is 0 Å². The van der Waals surface area contributed by atoms with Crippen LogP contribution in [0, 0.1) is 0 Å². The Morgan fingerprint density at radius 1 is 1.29 bits per heavy atom. The third kappa shape index (κ3) is 3.49. The second-order valence-electron chi connectivity index (χ2n) is 7.80. The van der Waals surface area contributed by atoms with Crippen molar-refractivity contribution in [2.24, 2.45) is 0 Å². The Morgan fingerprint density at radius 3 is 2.79 bits per heavy atom. The van der Waals surface area contributed by atoms with Crippen LogP contribution in [0.15, 0.2) is 34.3 Å². The number of nitrogens with zero attached hydrogens (tertiary/aromatic N) is 2. The first-order valence-electron chi connectivity index (χ1n) is 9.37. The lowest BCUT2D eigenvalue weighted by molar-refractivity contribution is 0.240. The third-order valence-electron chi connectivity index (χ3n) is 5.33. The maximum atomic E-state index is 12.2. The predicted octanol–water partition coefficient (Wildman–Crippen LogP) is 2.34. The molecule has 0 spiro atoms. The molecular formula is C20H24N4O3S. The van der Waals surface area contributed by atoms with Gasteiger partial charge in [0.2, 0.25) is 15.0 Å². The minimum absolute atomic E-state index is 0.258. The number of aromatic nitrogens is 3. The summed E-state index contributed by atoms with van der Waals surface area (Å²) >= 11 is 0. The highest BCUT2D eigenvalue weighted by molar-refractivity contribution is 7.90. The lowest BCUT2D eigenvalue weighted by Gasteiger charge is -2.27. The molecule has 28 heavy (non-hydrogen) atoms. The zero-order valence-electron chi connectivity index (χ0n) is 16.2. The summed E-state index contributed by atoms with van der Waals surface area (Å²) in [6.45, 7) is 6.25. The van der Waals surface area contributed by atoms with Crippen LogP contribution in [0.4, 0.5) is 0 Å². The number of H-pyrrole nitrogens is 2. The molecule has 2 N–H and O–H groups in total. The standard InChI is InChI=1S/C20H24N4O3S/c1-12(2)13-4-5-15-14(9-21-17(15)8-13)10-24-7-6-16-18(11-24)22-20(23-19(16)25)28(3,26)27/h4-5,8-9,12,21H,6-7,10-11H2,1-3H3,(H,22,23,25). The van der Waals surface area contributed by atoms with Crippen molar-refractivity contribution >= 4 is 20.7 Å². The van der Waals surface area contributed by atoms with Gasteiger partial charge in [-0.2, -0.15) is 0 Å². The van der Waals surface area contributed by atoms with Crippen LogP contribution in [0.3, 0.4) is 0 Å². The van der Waals surface area contributed by atoms with Crippen LogP contribution < -0.4 is 5.56 Å². The zero-order chi connectivity index (χ0) is 20.1. The number of hydrogen-bond donors (Lipinski definition) is 2. The molecule has 0 aliphatic carbocycles. The Balaban J connectivity index is 1.61. The van der Waals surface area contributed by atoms with E-state index >= 15 is 0 Å². The normalized spacial score (nSPS) is 15.3. The van der Waals surface area contributed by atoms with Crippen molar-refractivity contribution in [2.45, 2.75) is 44.4 Å². The largest absolute Gasteiger partial charge is 0.361 e. The van der Waals surface area contributed by atoms with Crippen LogP contribution in [0.5, 0.6) is 0 Å².